The Kier molecular flexibility index (Phi) is 4.16. The number of aromatic nitrogens is 2. The number of aryl methyl sites for hydroxylation is 1. The van der Waals surface area contributed by atoms with E-state index < -0.39 is 0 Å². The summed E-state index contributed by atoms with van der Waals surface area (Å²) in [6, 6.07) is 0. The molecule has 0 aliphatic rings. The van der Waals surface area contributed by atoms with Crippen LogP contribution < -0.4 is 5.56 Å². The molecule has 15 heavy (non-hydrogen) atoms. The Hall–Kier alpha value is -1.01. The number of Topliss-reactive ketones (excluding diaryl/α,β-unsaturated/α-hetero) is 1. The molecule has 1 rings (SSSR count). The Balaban J connectivity index is 2.92. The fraction of sp³-hybridized carbons (Fsp3) is 0.444. The molecule has 5 nitrogen and oxygen atoms in total. The van der Waals surface area contributed by atoms with E-state index in [-0.39, 0.29) is 24.5 Å². The molecule has 1 heterocycles. The molecular weight excluding hydrogens is 264 g/mol. The van der Waals surface area contributed by atoms with Gasteiger partial charge in [0.1, 0.15) is 11.1 Å². The van der Waals surface area contributed by atoms with Crippen molar-refractivity contribution in [2.24, 2.45) is 0 Å². The van der Waals surface area contributed by atoms with Crippen molar-refractivity contribution in [2.75, 3.05) is 13.7 Å². The second kappa shape index (κ2) is 5.18. The van der Waals surface area contributed by atoms with E-state index in [1.54, 1.807) is 6.92 Å². The summed E-state index contributed by atoms with van der Waals surface area (Å²) in [5.41, 5.74) is 0.349. The minimum absolute atomic E-state index is 0.00205. The summed E-state index contributed by atoms with van der Waals surface area (Å²) >= 11 is 3.12. The van der Waals surface area contributed by atoms with E-state index in [1.165, 1.54) is 18.0 Å². The SMILES string of the molecule is COCC(=O)Cn1cnc(C)c(Br)c1=O. The topological polar surface area (TPSA) is 61.2 Å². The first-order valence-corrected chi connectivity index (χ1v) is 5.07. The van der Waals surface area contributed by atoms with Crippen LogP contribution in [-0.4, -0.2) is 29.1 Å². The first kappa shape index (κ1) is 12.1. The van der Waals surface area contributed by atoms with E-state index in [4.69, 9.17) is 0 Å². The van der Waals surface area contributed by atoms with Gasteiger partial charge in [0.05, 0.1) is 18.6 Å². The van der Waals surface area contributed by atoms with E-state index in [0.717, 1.165) is 0 Å². The summed E-state index contributed by atoms with van der Waals surface area (Å²) in [5, 5.41) is 0. The summed E-state index contributed by atoms with van der Waals surface area (Å²) in [6.45, 7) is 1.70. The Morgan fingerprint density at radius 3 is 2.93 bits per heavy atom. The highest BCUT2D eigenvalue weighted by atomic mass is 79.9. The number of halogens is 1. The number of ether oxygens (including phenoxy) is 1. The van der Waals surface area contributed by atoms with E-state index in [1.807, 2.05) is 0 Å². The van der Waals surface area contributed by atoms with Gasteiger partial charge >= 0.3 is 0 Å². The third-order valence-corrected chi connectivity index (χ3v) is 2.72. The number of hydrogen-bond donors (Lipinski definition) is 0. The van der Waals surface area contributed by atoms with Gasteiger partial charge in [-0.2, -0.15) is 0 Å². The molecule has 0 aliphatic heterocycles. The fourth-order valence-electron chi connectivity index (χ4n) is 1.06. The van der Waals surface area contributed by atoms with Crippen LogP contribution in [0, 0.1) is 6.92 Å². The van der Waals surface area contributed by atoms with E-state index in [0.29, 0.717) is 10.2 Å². The molecule has 1 aromatic rings. The van der Waals surface area contributed by atoms with Crippen molar-refractivity contribution >= 4 is 21.7 Å². The summed E-state index contributed by atoms with van der Waals surface area (Å²) in [6.07, 6.45) is 1.36. The molecule has 82 valence electrons. The van der Waals surface area contributed by atoms with Gasteiger partial charge in [-0.1, -0.05) is 0 Å². The van der Waals surface area contributed by atoms with Crippen LogP contribution in [0.15, 0.2) is 15.6 Å². The maximum atomic E-state index is 11.6. The Labute approximate surface area is 95.2 Å². The largest absolute Gasteiger partial charge is 0.377 e. The lowest BCUT2D eigenvalue weighted by molar-refractivity contribution is -0.123. The third kappa shape index (κ3) is 2.97. The van der Waals surface area contributed by atoms with Gasteiger partial charge in [-0.3, -0.25) is 14.2 Å². The molecule has 0 N–H and O–H groups in total. The Morgan fingerprint density at radius 2 is 2.33 bits per heavy atom. The molecule has 1 aromatic heterocycles. The lowest BCUT2D eigenvalue weighted by Crippen LogP contribution is -2.27. The quantitative estimate of drug-likeness (QED) is 0.804. The predicted octanol–water partition coefficient (Wildman–Crippen LogP) is 0.530. The van der Waals surface area contributed by atoms with Gasteiger partial charge in [-0.05, 0) is 22.9 Å². The van der Waals surface area contributed by atoms with Crippen LogP contribution in [0.5, 0.6) is 0 Å². The highest BCUT2D eigenvalue weighted by molar-refractivity contribution is 9.10. The minimum Gasteiger partial charge on any atom is -0.377 e. The molecule has 0 atom stereocenters. The molecule has 0 aromatic carbocycles. The van der Waals surface area contributed by atoms with Crippen LogP contribution in [0.4, 0.5) is 0 Å². The lowest BCUT2D eigenvalue weighted by Gasteiger charge is -2.05. The smallest absolute Gasteiger partial charge is 0.268 e. The molecular formula is C9H11BrN2O3. The molecule has 0 bridgehead atoms. The molecule has 0 saturated heterocycles. The normalized spacial score (nSPS) is 10.3. The van der Waals surface area contributed by atoms with Crippen molar-refractivity contribution in [3.8, 4) is 0 Å². The molecule has 0 spiro atoms. The van der Waals surface area contributed by atoms with Crippen molar-refractivity contribution in [3.63, 3.8) is 0 Å². The summed E-state index contributed by atoms with van der Waals surface area (Å²) in [7, 11) is 1.43. The van der Waals surface area contributed by atoms with Gasteiger partial charge in [0, 0.05) is 7.11 Å². The van der Waals surface area contributed by atoms with Gasteiger partial charge in [0.15, 0.2) is 5.78 Å². The van der Waals surface area contributed by atoms with Crippen molar-refractivity contribution < 1.29 is 9.53 Å². The number of carbonyl (C=O) groups excluding carboxylic acids is 1. The zero-order chi connectivity index (χ0) is 11.4. The summed E-state index contributed by atoms with van der Waals surface area (Å²) in [5.74, 6) is -0.169. The molecule has 0 saturated carbocycles. The highest BCUT2D eigenvalue weighted by Gasteiger charge is 2.08. The summed E-state index contributed by atoms with van der Waals surface area (Å²) in [4.78, 5) is 26.8. The molecule has 0 fully saturated rings. The van der Waals surface area contributed by atoms with Crippen LogP contribution in [0.2, 0.25) is 0 Å². The van der Waals surface area contributed by atoms with E-state index in [2.05, 4.69) is 25.7 Å². The number of rotatable bonds is 4. The predicted molar refractivity (Wildman–Crippen MR) is 57.8 cm³/mol. The number of hydrogen-bond acceptors (Lipinski definition) is 4. The first-order valence-electron chi connectivity index (χ1n) is 4.28. The van der Waals surface area contributed by atoms with Crippen LogP contribution in [0.3, 0.4) is 0 Å². The average molecular weight is 275 g/mol. The Morgan fingerprint density at radius 1 is 1.67 bits per heavy atom. The minimum atomic E-state index is -0.257. The van der Waals surface area contributed by atoms with Gasteiger partial charge in [0.2, 0.25) is 0 Å². The van der Waals surface area contributed by atoms with E-state index >= 15 is 0 Å². The van der Waals surface area contributed by atoms with Crippen molar-refractivity contribution in [2.45, 2.75) is 13.5 Å². The molecule has 6 heteroatoms. The van der Waals surface area contributed by atoms with Crippen LogP contribution in [-0.2, 0) is 16.1 Å². The molecule has 0 aliphatic carbocycles. The number of ketones is 1. The molecule has 0 amide bonds. The van der Waals surface area contributed by atoms with Crippen molar-refractivity contribution in [1.29, 1.82) is 0 Å². The number of nitrogens with zero attached hydrogens (tertiary/aromatic N) is 2. The summed E-state index contributed by atoms with van der Waals surface area (Å²) < 4.78 is 6.31. The molecule has 0 unspecified atom stereocenters. The number of methoxy groups -OCH3 is 1. The van der Waals surface area contributed by atoms with Crippen LogP contribution >= 0.6 is 15.9 Å². The zero-order valence-corrected chi connectivity index (χ0v) is 10.1. The van der Waals surface area contributed by atoms with Crippen LogP contribution in [0.1, 0.15) is 5.69 Å². The highest BCUT2D eigenvalue weighted by Crippen LogP contribution is 2.05. The van der Waals surface area contributed by atoms with Gasteiger partial charge in [0.25, 0.3) is 5.56 Å². The van der Waals surface area contributed by atoms with Gasteiger partial charge in [-0.15, -0.1) is 0 Å². The standard InChI is InChI=1S/C9H11BrN2O3/c1-6-8(10)9(14)12(5-11-6)3-7(13)4-15-2/h5H,3-4H2,1-2H3. The monoisotopic (exact) mass is 274 g/mol. The third-order valence-electron chi connectivity index (χ3n) is 1.81. The van der Waals surface area contributed by atoms with Gasteiger partial charge < -0.3 is 4.74 Å². The second-order valence-electron chi connectivity index (χ2n) is 3.05. The zero-order valence-electron chi connectivity index (χ0n) is 8.49. The molecule has 0 radical (unpaired) electrons. The van der Waals surface area contributed by atoms with Crippen molar-refractivity contribution in [1.82, 2.24) is 9.55 Å². The first-order chi connectivity index (χ1) is 7.06. The van der Waals surface area contributed by atoms with E-state index in [9.17, 15) is 9.59 Å². The maximum absolute atomic E-state index is 11.6. The second-order valence-corrected chi connectivity index (χ2v) is 3.84. The van der Waals surface area contributed by atoms with Gasteiger partial charge in [-0.25, -0.2) is 4.98 Å². The maximum Gasteiger partial charge on any atom is 0.268 e. The fourth-order valence-corrected chi connectivity index (χ4v) is 1.39. The number of carbonyl (C=O) groups is 1. The van der Waals surface area contributed by atoms with Crippen molar-refractivity contribution in [3.05, 3.63) is 26.8 Å². The average Bonchev–Trinajstić information content (AvgIpc) is 2.20. The Bertz CT molecular complexity index is 428. The van der Waals surface area contributed by atoms with Crippen LogP contribution in [0.25, 0.3) is 0 Å². The lowest BCUT2D eigenvalue weighted by atomic mass is 10.4.